The van der Waals surface area contributed by atoms with Crippen LogP contribution in [0.4, 0.5) is 11.4 Å². The van der Waals surface area contributed by atoms with Gasteiger partial charge >= 0.3 is 0 Å². The second-order valence-electron chi connectivity index (χ2n) is 5.22. The molecule has 0 aliphatic heterocycles. The molecular formula is C20H17IN2. The van der Waals surface area contributed by atoms with E-state index in [0.717, 1.165) is 28.3 Å². The molecule has 0 aliphatic carbocycles. The van der Waals surface area contributed by atoms with Crippen molar-refractivity contribution in [3.63, 3.8) is 0 Å². The van der Waals surface area contributed by atoms with E-state index in [1.165, 1.54) is 3.57 Å². The third-order valence-corrected chi connectivity index (χ3v) is 4.46. The Morgan fingerprint density at radius 1 is 0.826 bits per heavy atom. The third-order valence-electron chi connectivity index (χ3n) is 3.52. The molecular weight excluding hydrogens is 395 g/mol. The minimum atomic E-state index is 0.851. The number of para-hydroxylation sites is 2. The van der Waals surface area contributed by atoms with Gasteiger partial charge in [-0.3, -0.25) is 0 Å². The van der Waals surface area contributed by atoms with Crippen molar-refractivity contribution in [1.29, 1.82) is 0 Å². The molecule has 3 aromatic carbocycles. The van der Waals surface area contributed by atoms with E-state index in [9.17, 15) is 0 Å². The number of nitrogens with one attached hydrogen (secondary N) is 1. The highest BCUT2D eigenvalue weighted by molar-refractivity contribution is 14.1. The minimum absolute atomic E-state index is 0.851. The first kappa shape index (κ1) is 15.7. The average molecular weight is 412 g/mol. The van der Waals surface area contributed by atoms with E-state index < -0.39 is 0 Å². The van der Waals surface area contributed by atoms with E-state index in [2.05, 4.69) is 65.2 Å². The Morgan fingerprint density at radius 2 is 1.48 bits per heavy atom. The van der Waals surface area contributed by atoms with Gasteiger partial charge in [0.05, 0.1) is 11.4 Å². The molecule has 0 bridgehead atoms. The lowest BCUT2D eigenvalue weighted by Gasteiger charge is -2.12. The third kappa shape index (κ3) is 3.99. The molecule has 0 spiro atoms. The number of anilines is 1. The van der Waals surface area contributed by atoms with Crippen molar-refractivity contribution in [3.8, 4) is 0 Å². The van der Waals surface area contributed by atoms with Gasteiger partial charge in [-0.05, 0) is 53.3 Å². The number of aliphatic imine (C=N–C) groups is 1. The molecule has 2 nitrogen and oxygen atoms in total. The highest BCUT2D eigenvalue weighted by atomic mass is 127. The summed E-state index contributed by atoms with van der Waals surface area (Å²) in [5.74, 6) is 0.851. The monoisotopic (exact) mass is 412 g/mol. The van der Waals surface area contributed by atoms with E-state index in [4.69, 9.17) is 4.99 Å². The maximum Gasteiger partial charge on any atom is 0.138 e. The summed E-state index contributed by atoms with van der Waals surface area (Å²) in [6.07, 6.45) is 0. The number of hydrogen-bond acceptors (Lipinski definition) is 1. The highest BCUT2D eigenvalue weighted by Gasteiger charge is 2.07. The summed E-state index contributed by atoms with van der Waals surface area (Å²) in [6, 6.07) is 26.6. The Hall–Kier alpha value is -2.14. The Bertz CT molecular complexity index is 826. The van der Waals surface area contributed by atoms with Crippen LogP contribution in [-0.2, 0) is 0 Å². The molecule has 0 fully saturated rings. The second kappa shape index (κ2) is 7.42. The largest absolute Gasteiger partial charge is 0.339 e. The topological polar surface area (TPSA) is 24.4 Å². The molecule has 0 unspecified atom stereocenters. The van der Waals surface area contributed by atoms with E-state index in [1.807, 2.05) is 48.5 Å². The van der Waals surface area contributed by atoms with Gasteiger partial charge < -0.3 is 5.32 Å². The van der Waals surface area contributed by atoms with Gasteiger partial charge in [0.25, 0.3) is 0 Å². The summed E-state index contributed by atoms with van der Waals surface area (Å²) in [6.45, 7) is 2.08. The molecule has 23 heavy (non-hydrogen) atoms. The lowest BCUT2D eigenvalue weighted by molar-refractivity contribution is 1.38. The number of rotatable bonds is 3. The summed E-state index contributed by atoms with van der Waals surface area (Å²) >= 11 is 2.33. The van der Waals surface area contributed by atoms with Crippen molar-refractivity contribution >= 4 is 39.8 Å². The normalized spacial score (nSPS) is 11.3. The van der Waals surface area contributed by atoms with Crippen molar-refractivity contribution in [2.45, 2.75) is 6.92 Å². The summed E-state index contributed by atoms with van der Waals surface area (Å²) in [5, 5.41) is 3.48. The molecule has 3 rings (SSSR count). The van der Waals surface area contributed by atoms with Gasteiger partial charge in [0.2, 0.25) is 0 Å². The van der Waals surface area contributed by atoms with Crippen LogP contribution in [0.25, 0.3) is 0 Å². The van der Waals surface area contributed by atoms with Crippen LogP contribution < -0.4 is 5.32 Å². The van der Waals surface area contributed by atoms with Crippen LogP contribution in [-0.4, -0.2) is 5.84 Å². The number of aryl methyl sites for hydroxylation is 1. The lowest BCUT2D eigenvalue weighted by Crippen LogP contribution is -2.14. The quantitative estimate of drug-likeness (QED) is 0.329. The van der Waals surface area contributed by atoms with Crippen LogP contribution in [0.2, 0.25) is 0 Å². The van der Waals surface area contributed by atoms with Gasteiger partial charge in [-0.15, -0.1) is 0 Å². The zero-order valence-corrected chi connectivity index (χ0v) is 15.0. The fourth-order valence-electron chi connectivity index (χ4n) is 2.26. The molecule has 0 aromatic heterocycles. The Morgan fingerprint density at radius 3 is 2.22 bits per heavy atom. The molecule has 3 heteroatoms. The van der Waals surface area contributed by atoms with Gasteiger partial charge in [-0.25, -0.2) is 4.99 Å². The van der Waals surface area contributed by atoms with E-state index >= 15 is 0 Å². The predicted molar refractivity (Wildman–Crippen MR) is 107 cm³/mol. The number of benzene rings is 3. The summed E-state index contributed by atoms with van der Waals surface area (Å²) in [4.78, 5) is 4.87. The molecule has 0 atom stereocenters. The standard InChI is InChI=1S/C20H17IN2/c1-15-9-5-7-13-18(15)22-20(16-10-3-2-4-11-16)23-19-14-8-6-12-17(19)21/h2-14H,1H3,(H,22,23). The van der Waals surface area contributed by atoms with Gasteiger partial charge in [-0.2, -0.15) is 0 Å². The Labute approximate surface area is 150 Å². The molecule has 0 saturated heterocycles. The number of nitrogens with zero attached hydrogens (tertiary/aromatic N) is 1. The Balaban J connectivity index is 2.05. The molecule has 3 aromatic rings. The van der Waals surface area contributed by atoms with Crippen molar-refractivity contribution in [1.82, 2.24) is 0 Å². The van der Waals surface area contributed by atoms with Crippen molar-refractivity contribution in [3.05, 3.63) is 93.6 Å². The first-order valence-corrected chi connectivity index (χ1v) is 8.53. The second-order valence-corrected chi connectivity index (χ2v) is 6.38. The molecule has 0 saturated carbocycles. The first-order valence-electron chi connectivity index (χ1n) is 7.45. The maximum absolute atomic E-state index is 4.87. The summed E-state index contributed by atoms with van der Waals surface area (Å²) in [5.41, 5.74) is 4.26. The highest BCUT2D eigenvalue weighted by Crippen LogP contribution is 2.22. The molecule has 0 amide bonds. The predicted octanol–water partition coefficient (Wildman–Crippen LogP) is 5.79. The van der Waals surface area contributed by atoms with Crippen LogP contribution in [0.5, 0.6) is 0 Å². The fraction of sp³-hybridized carbons (Fsp3) is 0.0500. The maximum atomic E-state index is 4.87. The van der Waals surface area contributed by atoms with Crippen LogP contribution in [0, 0.1) is 10.5 Å². The van der Waals surface area contributed by atoms with Gasteiger partial charge in [-0.1, -0.05) is 60.7 Å². The molecule has 0 radical (unpaired) electrons. The zero-order valence-electron chi connectivity index (χ0n) is 12.8. The number of hydrogen-bond donors (Lipinski definition) is 1. The van der Waals surface area contributed by atoms with Gasteiger partial charge in [0, 0.05) is 9.13 Å². The lowest BCUT2D eigenvalue weighted by atomic mass is 10.1. The molecule has 114 valence electrons. The van der Waals surface area contributed by atoms with E-state index in [-0.39, 0.29) is 0 Å². The number of halogens is 1. The first-order chi connectivity index (χ1) is 11.2. The minimum Gasteiger partial charge on any atom is -0.339 e. The van der Waals surface area contributed by atoms with Crippen LogP contribution in [0.1, 0.15) is 11.1 Å². The average Bonchev–Trinajstić information content (AvgIpc) is 2.59. The SMILES string of the molecule is Cc1ccccc1N=C(Nc1ccccc1I)c1ccccc1. The molecule has 1 N–H and O–H groups in total. The Kier molecular flexibility index (Phi) is 5.08. The van der Waals surface area contributed by atoms with Crippen molar-refractivity contribution in [2.75, 3.05) is 5.32 Å². The molecule has 0 heterocycles. The smallest absolute Gasteiger partial charge is 0.138 e. The fourth-order valence-corrected chi connectivity index (χ4v) is 2.78. The van der Waals surface area contributed by atoms with Gasteiger partial charge in [0.1, 0.15) is 5.84 Å². The van der Waals surface area contributed by atoms with Crippen LogP contribution in [0.3, 0.4) is 0 Å². The number of amidine groups is 1. The summed E-state index contributed by atoms with van der Waals surface area (Å²) < 4.78 is 1.17. The van der Waals surface area contributed by atoms with Crippen LogP contribution >= 0.6 is 22.6 Å². The molecule has 0 aliphatic rings. The van der Waals surface area contributed by atoms with E-state index in [1.54, 1.807) is 0 Å². The van der Waals surface area contributed by atoms with Crippen molar-refractivity contribution in [2.24, 2.45) is 4.99 Å². The van der Waals surface area contributed by atoms with E-state index in [0.29, 0.717) is 0 Å². The van der Waals surface area contributed by atoms with Crippen LogP contribution in [0.15, 0.2) is 83.9 Å². The zero-order chi connectivity index (χ0) is 16.1. The summed E-state index contributed by atoms with van der Waals surface area (Å²) in [7, 11) is 0. The van der Waals surface area contributed by atoms with Gasteiger partial charge in [0.15, 0.2) is 0 Å². The van der Waals surface area contributed by atoms with Crippen molar-refractivity contribution < 1.29 is 0 Å².